The third kappa shape index (κ3) is 4.00. The maximum Gasteiger partial charge on any atom is 0.306 e. The van der Waals surface area contributed by atoms with Crippen LogP contribution in [0.5, 0.6) is 0 Å². The van der Waals surface area contributed by atoms with Crippen LogP contribution in [-0.2, 0) is 6.54 Å². The second kappa shape index (κ2) is 6.12. The first-order valence-corrected chi connectivity index (χ1v) is 6.68. The molecule has 7 nitrogen and oxygen atoms in total. The van der Waals surface area contributed by atoms with Crippen LogP contribution in [-0.4, -0.2) is 38.5 Å². The van der Waals surface area contributed by atoms with Gasteiger partial charge >= 0.3 is 5.69 Å². The van der Waals surface area contributed by atoms with Gasteiger partial charge in [0.05, 0.1) is 17.6 Å². The Bertz CT molecular complexity index is 434. The Morgan fingerprint density at radius 1 is 1.74 bits per heavy atom. The van der Waals surface area contributed by atoms with Gasteiger partial charge in [-0.05, 0) is 18.8 Å². The molecule has 0 bridgehead atoms. The van der Waals surface area contributed by atoms with E-state index < -0.39 is 11.0 Å². The number of nitrogens with zero attached hydrogens (tertiary/aromatic N) is 3. The molecule has 0 aliphatic heterocycles. The first-order valence-electron chi connectivity index (χ1n) is 6.68. The summed E-state index contributed by atoms with van der Waals surface area (Å²) in [6.07, 6.45) is 5.57. The molecule has 1 heterocycles. The van der Waals surface area contributed by atoms with E-state index in [2.05, 4.69) is 17.3 Å². The quantitative estimate of drug-likeness (QED) is 0.540. The van der Waals surface area contributed by atoms with Crippen molar-refractivity contribution in [1.29, 1.82) is 0 Å². The zero-order chi connectivity index (χ0) is 13.8. The standard InChI is InChI=1S/C12H20N4O3/c1-2-3-9-4-12(9)13-6-11(17)8-15-7-10(5-14-15)16(18)19/h5,7,9,11-13,17H,2-4,6,8H2,1H3. The van der Waals surface area contributed by atoms with Gasteiger partial charge in [-0.3, -0.25) is 14.8 Å². The lowest BCUT2D eigenvalue weighted by atomic mass is 10.2. The highest BCUT2D eigenvalue weighted by atomic mass is 16.6. The molecule has 3 unspecified atom stereocenters. The molecule has 1 aliphatic rings. The molecule has 1 aromatic heterocycles. The Balaban J connectivity index is 1.69. The van der Waals surface area contributed by atoms with E-state index in [1.54, 1.807) is 0 Å². The molecule has 0 radical (unpaired) electrons. The summed E-state index contributed by atoms with van der Waals surface area (Å²) < 4.78 is 1.40. The minimum absolute atomic E-state index is 0.0506. The lowest BCUT2D eigenvalue weighted by Crippen LogP contribution is -2.32. The van der Waals surface area contributed by atoms with Crippen molar-refractivity contribution in [3.05, 3.63) is 22.5 Å². The number of hydrogen-bond donors (Lipinski definition) is 2. The van der Waals surface area contributed by atoms with Crippen molar-refractivity contribution >= 4 is 5.69 Å². The first-order chi connectivity index (χ1) is 9.10. The minimum atomic E-state index is -0.581. The van der Waals surface area contributed by atoms with E-state index >= 15 is 0 Å². The fraction of sp³-hybridized carbons (Fsp3) is 0.750. The number of nitro groups is 1. The highest BCUT2D eigenvalue weighted by Gasteiger charge is 2.35. The van der Waals surface area contributed by atoms with Gasteiger partial charge in [0, 0.05) is 12.6 Å². The molecular weight excluding hydrogens is 248 g/mol. The van der Waals surface area contributed by atoms with Crippen molar-refractivity contribution in [2.45, 2.75) is 44.9 Å². The van der Waals surface area contributed by atoms with Crippen molar-refractivity contribution in [3.63, 3.8) is 0 Å². The number of aromatic nitrogens is 2. The van der Waals surface area contributed by atoms with E-state index in [9.17, 15) is 15.2 Å². The highest BCUT2D eigenvalue weighted by molar-refractivity contribution is 5.20. The lowest BCUT2D eigenvalue weighted by molar-refractivity contribution is -0.385. The lowest BCUT2D eigenvalue weighted by Gasteiger charge is -2.11. The number of hydrogen-bond acceptors (Lipinski definition) is 5. The topological polar surface area (TPSA) is 93.2 Å². The van der Waals surface area contributed by atoms with Gasteiger partial charge in [-0.2, -0.15) is 5.10 Å². The van der Waals surface area contributed by atoms with Crippen molar-refractivity contribution in [2.75, 3.05) is 6.54 Å². The number of rotatable bonds is 8. The molecule has 2 N–H and O–H groups in total. The smallest absolute Gasteiger partial charge is 0.306 e. The van der Waals surface area contributed by atoms with Crippen LogP contribution in [0.1, 0.15) is 26.2 Å². The number of aliphatic hydroxyl groups is 1. The fourth-order valence-corrected chi connectivity index (χ4v) is 2.30. The van der Waals surface area contributed by atoms with Gasteiger partial charge in [-0.25, -0.2) is 0 Å². The second-order valence-electron chi connectivity index (χ2n) is 5.13. The molecule has 2 rings (SSSR count). The van der Waals surface area contributed by atoms with Gasteiger partial charge < -0.3 is 10.4 Å². The molecule has 3 atom stereocenters. The van der Waals surface area contributed by atoms with E-state index in [0.29, 0.717) is 12.6 Å². The predicted molar refractivity (Wildman–Crippen MR) is 69.7 cm³/mol. The van der Waals surface area contributed by atoms with Crippen LogP contribution in [0.15, 0.2) is 12.4 Å². The number of aliphatic hydroxyl groups excluding tert-OH is 1. The van der Waals surface area contributed by atoms with Crippen molar-refractivity contribution in [3.8, 4) is 0 Å². The highest BCUT2D eigenvalue weighted by Crippen LogP contribution is 2.34. The second-order valence-corrected chi connectivity index (χ2v) is 5.13. The van der Waals surface area contributed by atoms with Gasteiger partial charge in [0.2, 0.25) is 0 Å². The fourth-order valence-electron chi connectivity index (χ4n) is 2.30. The van der Waals surface area contributed by atoms with Crippen LogP contribution in [0.2, 0.25) is 0 Å². The SMILES string of the molecule is CCCC1CC1NCC(O)Cn1cc([N+](=O)[O-])cn1. The molecule has 0 spiro atoms. The van der Waals surface area contributed by atoms with E-state index in [1.165, 1.54) is 36.3 Å². The molecule has 0 saturated heterocycles. The van der Waals surface area contributed by atoms with Crippen LogP contribution >= 0.6 is 0 Å². The van der Waals surface area contributed by atoms with Crippen molar-refractivity contribution < 1.29 is 10.0 Å². The largest absolute Gasteiger partial charge is 0.390 e. The third-order valence-electron chi connectivity index (χ3n) is 3.43. The summed E-state index contributed by atoms with van der Waals surface area (Å²) in [5.74, 6) is 0.753. The van der Waals surface area contributed by atoms with Crippen LogP contribution in [0.25, 0.3) is 0 Å². The summed E-state index contributed by atoms with van der Waals surface area (Å²) in [5, 5.41) is 27.5. The van der Waals surface area contributed by atoms with Crippen molar-refractivity contribution in [1.82, 2.24) is 15.1 Å². The summed E-state index contributed by atoms with van der Waals surface area (Å²) in [7, 11) is 0. The maximum absolute atomic E-state index is 10.5. The van der Waals surface area contributed by atoms with Crippen LogP contribution < -0.4 is 5.32 Å². The Kier molecular flexibility index (Phi) is 4.49. The molecule has 7 heteroatoms. The van der Waals surface area contributed by atoms with Gasteiger partial charge in [-0.15, -0.1) is 0 Å². The zero-order valence-corrected chi connectivity index (χ0v) is 11.0. The van der Waals surface area contributed by atoms with Crippen molar-refractivity contribution in [2.24, 2.45) is 5.92 Å². The average molecular weight is 268 g/mol. The Hall–Kier alpha value is -1.47. The molecule has 0 aromatic carbocycles. The van der Waals surface area contributed by atoms with Crippen LogP contribution in [0.4, 0.5) is 5.69 Å². The predicted octanol–water partition coefficient (Wildman–Crippen LogP) is 0.930. The summed E-state index contributed by atoms with van der Waals surface area (Å²) >= 11 is 0. The zero-order valence-electron chi connectivity index (χ0n) is 11.0. The van der Waals surface area contributed by atoms with Crippen LogP contribution in [0.3, 0.4) is 0 Å². The molecule has 0 amide bonds. The Morgan fingerprint density at radius 2 is 2.53 bits per heavy atom. The average Bonchev–Trinajstić information content (AvgIpc) is 2.92. The first kappa shape index (κ1) is 14.0. The maximum atomic E-state index is 10.5. The van der Waals surface area contributed by atoms with E-state index in [-0.39, 0.29) is 12.2 Å². The minimum Gasteiger partial charge on any atom is -0.390 e. The van der Waals surface area contributed by atoms with Gasteiger partial charge in [0.1, 0.15) is 12.4 Å². The molecule has 106 valence electrons. The van der Waals surface area contributed by atoms with E-state index in [0.717, 1.165) is 5.92 Å². The molecule has 1 aliphatic carbocycles. The summed E-state index contributed by atoms with van der Waals surface area (Å²) in [6.45, 7) is 2.94. The van der Waals surface area contributed by atoms with E-state index in [4.69, 9.17) is 0 Å². The normalized spacial score (nSPS) is 23.3. The van der Waals surface area contributed by atoms with Gasteiger partial charge in [0.15, 0.2) is 0 Å². The summed E-state index contributed by atoms with van der Waals surface area (Å²) in [6, 6.07) is 0.529. The van der Waals surface area contributed by atoms with Gasteiger partial charge in [0.25, 0.3) is 0 Å². The summed E-state index contributed by atoms with van der Waals surface area (Å²) in [5.41, 5.74) is -0.0506. The molecule has 1 fully saturated rings. The Morgan fingerprint density at radius 3 is 3.16 bits per heavy atom. The number of nitrogens with one attached hydrogen (secondary N) is 1. The third-order valence-corrected chi connectivity index (χ3v) is 3.43. The molecular formula is C12H20N4O3. The van der Waals surface area contributed by atoms with Crippen LogP contribution in [0, 0.1) is 16.0 Å². The molecule has 19 heavy (non-hydrogen) atoms. The van der Waals surface area contributed by atoms with Gasteiger partial charge in [-0.1, -0.05) is 13.3 Å². The summed E-state index contributed by atoms with van der Waals surface area (Å²) in [4.78, 5) is 10.0. The van der Waals surface area contributed by atoms with E-state index in [1.807, 2.05) is 0 Å². The monoisotopic (exact) mass is 268 g/mol. The molecule has 1 saturated carbocycles. The molecule has 1 aromatic rings. The Labute approximate surface area is 111 Å².